The average molecular weight is 355 g/mol. The summed E-state index contributed by atoms with van der Waals surface area (Å²) in [6.45, 7) is 5.00. The van der Waals surface area contributed by atoms with Gasteiger partial charge < -0.3 is 15.8 Å². The van der Waals surface area contributed by atoms with E-state index in [0.29, 0.717) is 29.7 Å². The predicted octanol–water partition coefficient (Wildman–Crippen LogP) is 1.95. The van der Waals surface area contributed by atoms with E-state index < -0.39 is 0 Å². The van der Waals surface area contributed by atoms with E-state index in [1.54, 1.807) is 18.2 Å². The molecule has 1 aliphatic rings. The second-order valence-electron chi connectivity index (χ2n) is 6.37. The third-order valence-electron chi connectivity index (χ3n) is 4.78. The highest BCUT2D eigenvalue weighted by molar-refractivity contribution is 5.94. The van der Waals surface area contributed by atoms with Crippen molar-refractivity contribution in [2.75, 3.05) is 32.5 Å². The van der Waals surface area contributed by atoms with Crippen molar-refractivity contribution >= 4 is 11.9 Å². The number of carbonyl (C=O) groups excluding carboxylic acids is 1. The Kier molecular flexibility index (Phi) is 5.68. The van der Waals surface area contributed by atoms with Crippen molar-refractivity contribution in [3.63, 3.8) is 0 Å². The van der Waals surface area contributed by atoms with E-state index in [9.17, 15) is 4.79 Å². The molecule has 1 aromatic heterocycles. The maximum absolute atomic E-state index is 12.4. The summed E-state index contributed by atoms with van der Waals surface area (Å²) < 4.78 is 5.12. The second-order valence-corrected chi connectivity index (χ2v) is 6.37. The van der Waals surface area contributed by atoms with E-state index in [2.05, 4.69) is 27.1 Å². The molecular formula is C19H25N5O2. The first-order valence-electron chi connectivity index (χ1n) is 8.92. The molecule has 2 heterocycles. The third kappa shape index (κ3) is 4.11. The molecule has 1 atom stereocenters. The molecule has 3 N–H and O–H groups in total. The van der Waals surface area contributed by atoms with Crippen LogP contribution in [0, 0.1) is 0 Å². The number of nitrogens with zero attached hydrogens (tertiary/aromatic N) is 3. The summed E-state index contributed by atoms with van der Waals surface area (Å²) in [5.41, 5.74) is 7.84. The van der Waals surface area contributed by atoms with E-state index in [1.807, 2.05) is 12.1 Å². The van der Waals surface area contributed by atoms with Crippen molar-refractivity contribution in [1.29, 1.82) is 0 Å². The largest absolute Gasteiger partial charge is 0.481 e. The summed E-state index contributed by atoms with van der Waals surface area (Å²) in [6, 6.07) is 9.45. The van der Waals surface area contributed by atoms with Crippen molar-refractivity contribution in [3.05, 3.63) is 35.9 Å². The Balaban J connectivity index is 1.65. The van der Waals surface area contributed by atoms with Crippen LogP contribution in [0.2, 0.25) is 0 Å². The monoisotopic (exact) mass is 355 g/mol. The fourth-order valence-electron chi connectivity index (χ4n) is 3.34. The van der Waals surface area contributed by atoms with Crippen LogP contribution in [-0.2, 0) is 0 Å². The number of anilines is 1. The molecule has 7 heteroatoms. The first kappa shape index (κ1) is 18.1. The molecule has 0 unspecified atom stereocenters. The standard InChI is InChI=1S/C19H25N5O2/c1-3-24-10-4-5-15(24)12-21-18(25)14-8-6-13(7-9-14)16-11-17(26-2)23-19(20)22-16/h6-9,11,15H,3-5,10,12H2,1-2H3,(H,21,25)(H2,20,22,23)/t15-/m0/s1. The number of methoxy groups -OCH3 is 1. The highest BCUT2D eigenvalue weighted by Crippen LogP contribution is 2.22. The van der Waals surface area contributed by atoms with Crippen LogP contribution in [0.3, 0.4) is 0 Å². The van der Waals surface area contributed by atoms with Gasteiger partial charge in [0.05, 0.1) is 12.8 Å². The van der Waals surface area contributed by atoms with Crippen molar-refractivity contribution in [2.24, 2.45) is 0 Å². The number of amides is 1. The van der Waals surface area contributed by atoms with Gasteiger partial charge in [0.25, 0.3) is 5.91 Å². The van der Waals surface area contributed by atoms with E-state index in [0.717, 1.165) is 25.1 Å². The number of benzene rings is 1. The topological polar surface area (TPSA) is 93.4 Å². The molecule has 138 valence electrons. The number of likely N-dealkylation sites (tertiary alicyclic amines) is 1. The quantitative estimate of drug-likeness (QED) is 0.823. The van der Waals surface area contributed by atoms with Crippen molar-refractivity contribution in [1.82, 2.24) is 20.2 Å². The summed E-state index contributed by atoms with van der Waals surface area (Å²) in [7, 11) is 1.53. The fraction of sp³-hybridized carbons (Fsp3) is 0.421. The van der Waals surface area contributed by atoms with Gasteiger partial charge in [-0.1, -0.05) is 19.1 Å². The molecule has 1 aromatic carbocycles. The first-order valence-corrected chi connectivity index (χ1v) is 8.92. The van der Waals surface area contributed by atoms with Gasteiger partial charge >= 0.3 is 0 Å². The Labute approximate surface area is 153 Å². The van der Waals surface area contributed by atoms with Gasteiger partial charge in [0, 0.05) is 29.8 Å². The van der Waals surface area contributed by atoms with Crippen LogP contribution in [0.5, 0.6) is 5.88 Å². The maximum atomic E-state index is 12.4. The summed E-state index contributed by atoms with van der Waals surface area (Å²) in [4.78, 5) is 23.0. The van der Waals surface area contributed by atoms with Gasteiger partial charge in [0.1, 0.15) is 0 Å². The Morgan fingerprint density at radius 3 is 2.81 bits per heavy atom. The zero-order valence-electron chi connectivity index (χ0n) is 15.2. The van der Waals surface area contributed by atoms with Crippen LogP contribution in [0.15, 0.2) is 30.3 Å². The Hall–Kier alpha value is -2.67. The molecule has 1 fully saturated rings. The Bertz CT molecular complexity index is 763. The van der Waals surface area contributed by atoms with E-state index in [4.69, 9.17) is 10.5 Å². The van der Waals surface area contributed by atoms with Gasteiger partial charge in [-0.2, -0.15) is 4.98 Å². The van der Waals surface area contributed by atoms with Crippen LogP contribution < -0.4 is 15.8 Å². The number of hydrogen-bond acceptors (Lipinski definition) is 6. The number of likely N-dealkylation sites (N-methyl/N-ethyl adjacent to an activating group) is 1. The molecule has 2 aromatic rings. The molecule has 0 aliphatic carbocycles. The minimum Gasteiger partial charge on any atom is -0.481 e. The molecule has 0 radical (unpaired) electrons. The van der Waals surface area contributed by atoms with Gasteiger partial charge in [-0.25, -0.2) is 4.98 Å². The number of nitrogens with one attached hydrogen (secondary N) is 1. The number of ether oxygens (including phenoxy) is 1. The van der Waals surface area contributed by atoms with Crippen LogP contribution in [0.25, 0.3) is 11.3 Å². The summed E-state index contributed by atoms with van der Waals surface area (Å²) in [5, 5.41) is 3.05. The predicted molar refractivity (Wildman–Crippen MR) is 101 cm³/mol. The average Bonchev–Trinajstić information content (AvgIpc) is 3.13. The van der Waals surface area contributed by atoms with Gasteiger partial charge in [0.15, 0.2) is 0 Å². The lowest BCUT2D eigenvalue weighted by molar-refractivity contribution is 0.0941. The molecular weight excluding hydrogens is 330 g/mol. The zero-order chi connectivity index (χ0) is 18.5. The van der Waals surface area contributed by atoms with Crippen LogP contribution >= 0.6 is 0 Å². The maximum Gasteiger partial charge on any atom is 0.251 e. The highest BCUT2D eigenvalue weighted by atomic mass is 16.5. The second kappa shape index (κ2) is 8.14. The number of aromatic nitrogens is 2. The number of hydrogen-bond donors (Lipinski definition) is 2. The minimum atomic E-state index is -0.0562. The molecule has 26 heavy (non-hydrogen) atoms. The molecule has 1 amide bonds. The Morgan fingerprint density at radius 1 is 1.35 bits per heavy atom. The molecule has 3 rings (SSSR count). The minimum absolute atomic E-state index is 0.0562. The lowest BCUT2D eigenvalue weighted by Crippen LogP contribution is -2.40. The van der Waals surface area contributed by atoms with Gasteiger partial charge in [-0.15, -0.1) is 0 Å². The molecule has 7 nitrogen and oxygen atoms in total. The number of rotatable bonds is 6. The molecule has 0 bridgehead atoms. The molecule has 0 spiro atoms. The third-order valence-corrected chi connectivity index (χ3v) is 4.78. The molecule has 0 saturated carbocycles. The highest BCUT2D eigenvalue weighted by Gasteiger charge is 2.23. The number of carbonyl (C=O) groups is 1. The first-order chi connectivity index (χ1) is 12.6. The smallest absolute Gasteiger partial charge is 0.251 e. The van der Waals surface area contributed by atoms with Crippen molar-refractivity contribution in [3.8, 4) is 17.1 Å². The summed E-state index contributed by atoms with van der Waals surface area (Å²) in [5.74, 6) is 0.504. The lowest BCUT2D eigenvalue weighted by Gasteiger charge is -2.22. The van der Waals surface area contributed by atoms with Crippen LogP contribution in [-0.4, -0.2) is 53.6 Å². The Morgan fingerprint density at radius 2 is 2.12 bits per heavy atom. The summed E-state index contributed by atoms with van der Waals surface area (Å²) >= 11 is 0. The van der Waals surface area contributed by atoms with E-state index >= 15 is 0 Å². The normalized spacial score (nSPS) is 17.2. The van der Waals surface area contributed by atoms with Crippen molar-refractivity contribution in [2.45, 2.75) is 25.8 Å². The summed E-state index contributed by atoms with van der Waals surface area (Å²) in [6.07, 6.45) is 2.35. The van der Waals surface area contributed by atoms with Crippen LogP contribution in [0.1, 0.15) is 30.1 Å². The van der Waals surface area contributed by atoms with Crippen LogP contribution in [0.4, 0.5) is 5.95 Å². The molecule has 1 saturated heterocycles. The lowest BCUT2D eigenvalue weighted by atomic mass is 10.1. The number of nitrogen functional groups attached to an aromatic ring is 1. The fourth-order valence-corrected chi connectivity index (χ4v) is 3.34. The van der Waals surface area contributed by atoms with Crippen molar-refractivity contribution < 1.29 is 9.53 Å². The zero-order valence-corrected chi connectivity index (χ0v) is 15.2. The number of nitrogens with two attached hydrogens (primary N) is 1. The van der Waals surface area contributed by atoms with Gasteiger partial charge in [0.2, 0.25) is 11.8 Å². The van der Waals surface area contributed by atoms with Gasteiger partial charge in [-0.3, -0.25) is 9.69 Å². The van der Waals surface area contributed by atoms with E-state index in [1.165, 1.54) is 13.5 Å². The van der Waals surface area contributed by atoms with E-state index in [-0.39, 0.29) is 11.9 Å². The molecule has 1 aliphatic heterocycles. The SMILES string of the molecule is CCN1CCC[C@H]1CNC(=O)c1ccc(-c2cc(OC)nc(N)n2)cc1. The van der Waals surface area contributed by atoms with Gasteiger partial charge in [-0.05, 0) is 38.1 Å².